The quantitative estimate of drug-likeness (QED) is 0.746. The minimum absolute atomic E-state index is 0.128. The highest BCUT2D eigenvalue weighted by Crippen LogP contribution is 2.29. The number of aryl methyl sites for hydroxylation is 1. The fourth-order valence-electron chi connectivity index (χ4n) is 3.32. The van der Waals surface area contributed by atoms with Crippen LogP contribution >= 0.6 is 0 Å². The van der Waals surface area contributed by atoms with Crippen LogP contribution in [0.25, 0.3) is 5.69 Å². The predicted molar refractivity (Wildman–Crippen MR) is 103 cm³/mol. The fraction of sp³-hybridized carbons (Fsp3) is 0.450. The summed E-state index contributed by atoms with van der Waals surface area (Å²) < 4.78 is 1.81. The SMILES string of the molecule is Cc1nn(-c2ccccc2)c(C)c1NC(=O)CCN(C1CC1)C(C)C(=O)O. The van der Waals surface area contributed by atoms with Gasteiger partial charge in [0.15, 0.2) is 0 Å². The van der Waals surface area contributed by atoms with Crippen molar-refractivity contribution in [2.45, 2.75) is 52.1 Å². The van der Waals surface area contributed by atoms with E-state index in [4.69, 9.17) is 0 Å². The Morgan fingerprint density at radius 3 is 2.56 bits per heavy atom. The lowest BCUT2D eigenvalue weighted by atomic mass is 10.2. The molecule has 0 aliphatic heterocycles. The topological polar surface area (TPSA) is 87.5 Å². The highest BCUT2D eigenvalue weighted by molar-refractivity contribution is 5.92. The van der Waals surface area contributed by atoms with Gasteiger partial charge in [-0.2, -0.15) is 5.10 Å². The molecule has 144 valence electrons. The Kier molecular flexibility index (Phi) is 5.60. The Balaban J connectivity index is 1.66. The Morgan fingerprint density at radius 1 is 1.30 bits per heavy atom. The smallest absolute Gasteiger partial charge is 0.320 e. The van der Waals surface area contributed by atoms with Crippen molar-refractivity contribution in [1.82, 2.24) is 14.7 Å². The van der Waals surface area contributed by atoms with Crippen molar-refractivity contribution in [3.05, 3.63) is 41.7 Å². The van der Waals surface area contributed by atoms with Crippen LogP contribution in [0.3, 0.4) is 0 Å². The van der Waals surface area contributed by atoms with Gasteiger partial charge in [-0.1, -0.05) is 18.2 Å². The average molecular weight is 370 g/mol. The van der Waals surface area contributed by atoms with Crippen LogP contribution in [0.4, 0.5) is 5.69 Å². The van der Waals surface area contributed by atoms with Crippen LogP contribution in [0, 0.1) is 13.8 Å². The summed E-state index contributed by atoms with van der Waals surface area (Å²) in [6.45, 7) is 5.91. The minimum atomic E-state index is -0.849. The molecule has 1 aromatic heterocycles. The van der Waals surface area contributed by atoms with Gasteiger partial charge < -0.3 is 10.4 Å². The molecule has 1 heterocycles. The molecule has 0 bridgehead atoms. The van der Waals surface area contributed by atoms with Crippen LogP contribution < -0.4 is 5.32 Å². The van der Waals surface area contributed by atoms with Crippen molar-refractivity contribution >= 4 is 17.6 Å². The molecule has 2 N–H and O–H groups in total. The largest absolute Gasteiger partial charge is 0.480 e. The van der Waals surface area contributed by atoms with Gasteiger partial charge in [0, 0.05) is 19.0 Å². The second-order valence-electron chi connectivity index (χ2n) is 7.07. The number of amides is 1. The maximum Gasteiger partial charge on any atom is 0.320 e. The summed E-state index contributed by atoms with van der Waals surface area (Å²) in [5, 5.41) is 16.7. The first-order valence-corrected chi connectivity index (χ1v) is 9.28. The van der Waals surface area contributed by atoms with E-state index in [0.29, 0.717) is 12.2 Å². The van der Waals surface area contributed by atoms with E-state index in [9.17, 15) is 14.7 Å². The first-order valence-electron chi connectivity index (χ1n) is 9.28. The summed E-state index contributed by atoms with van der Waals surface area (Å²) in [6, 6.07) is 9.47. The number of carboxylic acids is 1. The van der Waals surface area contributed by atoms with Gasteiger partial charge in [-0.25, -0.2) is 4.68 Å². The molecule has 27 heavy (non-hydrogen) atoms. The van der Waals surface area contributed by atoms with E-state index in [2.05, 4.69) is 10.4 Å². The number of anilines is 1. The van der Waals surface area contributed by atoms with E-state index < -0.39 is 12.0 Å². The molecule has 1 aromatic carbocycles. The number of rotatable bonds is 8. The van der Waals surface area contributed by atoms with Gasteiger partial charge in [0.25, 0.3) is 0 Å². The maximum atomic E-state index is 12.5. The molecule has 7 heteroatoms. The molecule has 1 aliphatic carbocycles. The van der Waals surface area contributed by atoms with Crippen molar-refractivity contribution in [2.24, 2.45) is 0 Å². The Bertz CT molecular complexity index is 827. The average Bonchev–Trinajstić information content (AvgIpc) is 3.45. The molecule has 7 nitrogen and oxygen atoms in total. The zero-order valence-electron chi connectivity index (χ0n) is 16.0. The van der Waals surface area contributed by atoms with Gasteiger partial charge in [-0.15, -0.1) is 0 Å². The molecule has 3 rings (SSSR count). The standard InChI is InChI=1S/C20H26N4O3/c1-13-19(14(2)24(22-13)17-7-5-4-6-8-17)21-18(25)11-12-23(16-9-10-16)15(3)20(26)27/h4-8,15-16H,9-12H2,1-3H3,(H,21,25)(H,26,27). The summed E-state index contributed by atoms with van der Waals surface area (Å²) in [5.41, 5.74) is 3.27. The molecular weight excluding hydrogens is 344 g/mol. The number of carbonyl (C=O) groups is 2. The van der Waals surface area contributed by atoms with Crippen molar-refractivity contribution in [1.29, 1.82) is 0 Å². The number of carbonyl (C=O) groups excluding carboxylic acids is 1. The Hall–Kier alpha value is -2.67. The van der Waals surface area contributed by atoms with Gasteiger partial charge in [-0.3, -0.25) is 14.5 Å². The van der Waals surface area contributed by atoms with Crippen molar-refractivity contribution in [2.75, 3.05) is 11.9 Å². The third-order valence-corrected chi connectivity index (χ3v) is 5.02. The molecule has 1 amide bonds. The molecule has 2 aromatic rings. The molecule has 0 saturated heterocycles. The normalized spacial score (nSPS) is 15.0. The zero-order chi connectivity index (χ0) is 19.6. The predicted octanol–water partition coefficient (Wildman–Crippen LogP) is 2.76. The van der Waals surface area contributed by atoms with Gasteiger partial charge in [0.1, 0.15) is 6.04 Å². The van der Waals surface area contributed by atoms with Gasteiger partial charge in [-0.05, 0) is 45.7 Å². The summed E-state index contributed by atoms with van der Waals surface area (Å²) in [5.74, 6) is -0.977. The van der Waals surface area contributed by atoms with Crippen LogP contribution in [-0.2, 0) is 9.59 Å². The lowest BCUT2D eigenvalue weighted by molar-refractivity contribution is -0.143. The van der Waals surface area contributed by atoms with E-state index in [0.717, 1.165) is 29.9 Å². The van der Waals surface area contributed by atoms with E-state index in [1.54, 1.807) is 6.92 Å². The van der Waals surface area contributed by atoms with E-state index >= 15 is 0 Å². The number of aromatic nitrogens is 2. The molecule has 1 saturated carbocycles. The van der Waals surface area contributed by atoms with Crippen molar-refractivity contribution in [3.8, 4) is 5.69 Å². The van der Waals surface area contributed by atoms with Gasteiger partial charge in [0.2, 0.25) is 5.91 Å². The number of carboxylic acid groups (broad SMARTS) is 1. The summed E-state index contributed by atoms with van der Waals surface area (Å²) in [7, 11) is 0. The Morgan fingerprint density at radius 2 is 1.96 bits per heavy atom. The number of aliphatic carboxylic acids is 1. The van der Waals surface area contributed by atoms with E-state index in [1.807, 2.05) is 53.8 Å². The number of benzene rings is 1. The van der Waals surface area contributed by atoms with Crippen LogP contribution in [0.1, 0.15) is 37.6 Å². The second kappa shape index (κ2) is 7.92. The zero-order valence-corrected chi connectivity index (χ0v) is 16.0. The first-order chi connectivity index (χ1) is 12.9. The van der Waals surface area contributed by atoms with Crippen molar-refractivity contribution in [3.63, 3.8) is 0 Å². The highest BCUT2D eigenvalue weighted by Gasteiger charge is 2.35. The van der Waals surface area contributed by atoms with Crippen LogP contribution in [0.15, 0.2) is 30.3 Å². The lowest BCUT2D eigenvalue weighted by Gasteiger charge is -2.25. The van der Waals surface area contributed by atoms with Crippen LogP contribution in [-0.4, -0.2) is 50.3 Å². The summed E-state index contributed by atoms with van der Waals surface area (Å²) in [6.07, 6.45) is 2.26. The Labute approximate surface area is 159 Å². The third kappa shape index (κ3) is 4.36. The molecule has 1 atom stereocenters. The number of hydrogen-bond acceptors (Lipinski definition) is 4. The molecule has 1 aliphatic rings. The lowest BCUT2D eigenvalue weighted by Crippen LogP contribution is -2.42. The number of nitrogens with zero attached hydrogens (tertiary/aromatic N) is 3. The number of para-hydroxylation sites is 1. The molecule has 0 radical (unpaired) electrons. The van der Waals surface area contributed by atoms with Gasteiger partial charge >= 0.3 is 5.97 Å². The monoisotopic (exact) mass is 370 g/mol. The van der Waals surface area contributed by atoms with Crippen molar-refractivity contribution < 1.29 is 14.7 Å². The van der Waals surface area contributed by atoms with Crippen LogP contribution in [0.2, 0.25) is 0 Å². The fourth-order valence-corrected chi connectivity index (χ4v) is 3.32. The molecule has 1 unspecified atom stereocenters. The van der Waals surface area contributed by atoms with Gasteiger partial charge in [0.05, 0.1) is 22.8 Å². The van der Waals surface area contributed by atoms with E-state index in [-0.39, 0.29) is 18.4 Å². The maximum absolute atomic E-state index is 12.5. The third-order valence-electron chi connectivity index (χ3n) is 5.02. The summed E-state index contributed by atoms with van der Waals surface area (Å²) >= 11 is 0. The van der Waals surface area contributed by atoms with Crippen LogP contribution in [0.5, 0.6) is 0 Å². The van der Waals surface area contributed by atoms with E-state index in [1.165, 1.54) is 0 Å². The minimum Gasteiger partial charge on any atom is -0.480 e. The number of hydrogen-bond donors (Lipinski definition) is 2. The second-order valence-corrected chi connectivity index (χ2v) is 7.07. The summed E-state index contributed by atoms with van der Waals surface area (Å²) in [4.78, 5) is 25.7. The number of nitrogens with one attached hydrogen (secondary N) is 1. The highest BCUT2D eigenvalue weighted by atomic mass is 16.4. The molecule has 1 fully saturated rings. The first kappa shape index (κ1) is 19.1. The molecular formula is C20H26N4O3. The molecule has 0 spiro atoms.